The van der Waals surface area contributed by atoms with Crippen molar-refractivity contribution in [3.8, 4) is 0 Å². The zero-order valence-electron chi connectivity index (χ0n) is 19.5. The van der Waals surface area contributed by atoms with E-state index in [1.165, 1.54) is 9.91 Å². The van der Waals surface area contributed by atoms with E-state index in [1.807, 2.05) is 63.2 Å². The van der Waals surface area contributed by atoms with Crippen LogP contribution in [0, 0.1) is 12.8 Å². The number of carbonyl (C=O) groups is 3. The molecule has 34 heavy (non-hydrogen) atoms. The summed E-state index contributed by atoms with van der Waals surface area (Å²) in [6, 6.07) is 16.9. The highest BCUT2D eigenvalue weighted by atomic mass is 16.2. The largest absolute Gasteiger partial charge is 0.354 e. The third-order valence-corrected chi connectivity index (χ3v) is 6.54. The number of fused-ring (bicyclic) bond motifs is 1. The van der Waals surface area contributed by atoms with Gasteiger partial charge in [-0.1, -0.05) is 50.2 Å². The molecule has 3 heterocycles. The van der Waals surface area contributed by atoms with Gasteiger partial charge in [0.25, 0.3) is 17.7 Å². The lowest BCUT2D eigenvalue weighted by atomic mass is 9.88. The number of imide groups is 1. The molecule has 0 unspecified atom stereocenters. The van der Waals surface area contributed by atoms with Gasteiger partial charge in [0.2, 0.25) is 0 Å². The summed E-state index contributed by atoms with van der Waals surface area (Å²) in [6.45, 7) is 6.06. The molecule has 0 saturated heterocycles. The van der Waals surface area contributed by atoms with Gasteiger partial charge in [0.15, 0.2) is 0 Å². The van der Waals surface area contributed by atoms with Crippen LogP contribution < -0.4 is 5.01 Å². The molecule has 1 atom stereocenters. The number of hydrogen-bond donors (Lipinski definition) is 1. The van der Waals surface area contributed by atoms with Gasteiger partial charge in [0.1, 0.15) is 5.92 Å². The topological polar surface area (TPSA) is 85.8 Å². The second-order valence-corrected chi connectivity index (χ2v) is 8.58. The predicted molar refractivity (Wildman–Crippen MR) is 132 cm³/mol. The first kappa shape index (κ1) is 21.8. The van der Waals surface area contributed by atoms with E-state index in [4.69, 9.17) is 0 Å². The van der Waals surface area contributed by atoms with E-state index in [9.17, 15) is 14.4 Å². The van der Waals surface area contributed by atoms with Crippen LogP contribution in [0.2, 0.25) is 0 Å². The molecule has 0 fully saturated rings. The molecule has 2 aliphatic heterocycles. The second kappa shape index (κ2) is 8.41. The van der Waals surface area contributed by atoms with Crippen LogP contribution >= 0.6 is 0 Å². The fourth-order valence-electron chi connectivity index (χ4n) is 4.88. The van der Waals surface area contributed by atoms with Crippen molar-refractivity contribution in [3.05, 3.63) is 71.4 Å². The highest BCUT2D eigenvalue weighted by molar-refractivity contribution is 6.39. The van der Waals surface area contributed by atoms with E-state index in [0.717, 1.165) is 16.5 Å². The van der Waals surface area contributed by atoms with Crippen molar-refractivity contribution in [2.45, 2.75) is 33.6 Å². The molecule has 0 bridgehead atoms. The minimum Gasteiger partial charge on any atom is -0.354 e. The lowest BCUT2D eigenvalue weighted by molar-refractivity contribution is -0.137. The lowest BCUT2D eigenvalue weighted by Gasteiger charge is -2.17. The molecule has 5 rings (SSSR count). The first-order chi connectivity index (χ1) is 16.5. The standard InChI is InChI=1S/C27H26N4O3/c1-4-15-30-25(32)22(21-19(5-2)29-31(27(21)34)17-11-7-6-8-12-17)23(26(30)33)24-16(3)18-13-9-10-14-20(18)28-24/h6-14,21,28H,4-5,15H2,1-3H3/t21-/m1/s1. The molecule has 2 aromatic carbocycles. The smallest absolute Gasteiger partial charge is 0.263 e. The molecular formula is C27H26N4O3. The minimum atomic E-state index is -0.899. The van der Waals surface area contributed by atoms with Gasteiger partial charge in [0.05, 0.1) is 28.2 Å². The Morgan fingerprint density at radius 3 is 2.32 bits per heavy atom. The normalized spacial score (nSPS) is 18.6. The van der Waals surface area contributed by atoms with E-state index in [-0.39, 0.29) is 23.0 Å². The monoisotopic (exact) mass is 454 g/mol. The van der Waals surface area contributed by atoms with Crippen LogP contribution in [0.4, 0.5) is 5.69 Å². The summed E-state index contributed by atoms with van der Waals surface area (Å²) in [7, 11) is 0. The molecule has 0 aliphatic carbocycles. The molecule has 3 aromatic rings. The van der Waals surface area contributed by atoms with Crippen molar-refractivity contribution in [1.82, 2.24) is 9.88 Å². The van der Waals surface area contributed by atoms with E-state index in [0.29, 0.717) is 36.5 Å². The van der Waals surface area contributed by atoms with Gasteiger partial charge in [-0.2, -0.15) is 10.1 Å². The maximum atomic E-state index is 13.7. The third-order valence-electron chi connectivity index (χ3n) is 6.54. The Bertz CT molecular complexity index is 1380. The van der Waals surface area contributed by atoms with Crippen LogP contribution in [0.3, 0.4) is 0 Å². The van der Waals surface area contributed by atoms with Crippen LogP contribution in [-0.2, 0) is 14.4 Å². The van der Waals surface area contributed by atoms with E-state index in [2.05, 4.69) is 10.1 Å². The molecule has 7 heteroatoms. The third kappa shape index (κ3) is 3.19. The summed E-state index contributed by atoms with van der Waals surface area (Å²) < 4.78 is 0. The van der Waals surface area contributed by atoms with Crippen molar-refractivity contribution in [2.75, 3.05) is 11.6 Å². The Morgan fingerprint density at radius 2 is 1.65 bits per heavy atom. The molecule has 3 amide bonds. The Morgan fingerprint density at radius 1 is 0.941 bits per heavy atom. The number of aromatic amines is 1. The van der Waals surface area contributed by atoms with Gasteiger partial charge < -0.3 is 4.98 Å². The first-order valence-electron chi connectivity index (χ1n) is 11.6. The number of rotatable bonds is 6. The number of nitrogens with zero attached hydrogens (tertiary/aromatic N) is 3. The summed E-state index contributed by atoms with van der Waals surface area (Å²) in [5, 5.41) is 6.91. The van der Waals surface area contributed by atoms with Crippen LogP contribution in [0.1, 0.15) is 37.9 Å². The van der Waals surface area contributed by atoms with Gasteiger partial charge in [-0.15, -0.1) is 0 Å². The zero-order chi connectivity index (χ0) is 24.0. The molecule has 0 saturated carbocycles. The zero-order valence-corrected chi connectivity index (χ0v) is 19.5. The molecule has 1 aromatic heterocycles. The second-order valence-electron chi connectivity index (χ2n) is 8.58. The number of aryl methyl sites for hydroxylation is 1. The number of H-pyrrole nitrogens is 1. The first-order valence-corrected chi connectivity index (χ1v) is 11.6. The van der Waals surface area contributed by atoms with Crippen molar-refractivity contribution >= 4 is 45.6 Å². The van der Waals surface area contributed by atoms with E-state index in [1.54, 1.807) is 12.1 Å². The predicted octanol–water partition coefficient (Wildman–Crippen LogP) is 4.44. The molecule has 172 valence electrons. The van der Waals surface area contributed by atoms with Gasteiger partial charge in [-0.05, 0) is 43.5 Å². The average Bonchev–Trinajstić information content (AvgIpc) is 3.44. The molecule has 0 radical (unpaired) electrons. The highest BCUT2D eigenvalue weighted by Gasteiger charge is 2.49. The summed E-state index contributed by atoms with van der Waals surface area (Å²) in [5.74, 6) is -1.99. The van der Waals surface area contributed by atoms with E-state index >= 15 is 0 Å². The summed E-state index contributed by atoms with van der Waals surface area (Å²) in [6.07, 6.45) is 1.12. The SMILES string of the molecule is CCCN1C(=O)C(c2[nH]c3ccccc3c2C)=C([C@@H]2C(=O)N(c3ccccc3)N=C2CC)C1=O. The van der Waals surface area contributed by atoms with Gasteiger partial charge >= 0.3 is 0 Å². The number of hydrazone groups is 1. The van der Waals surface area contributed by atoms with Crippen molar-refractivity contribution in [3.63, 3.8) is 0 Å². The van der Waals surface area contributed by atoms with Crippen molar-refractivity contribution in [1.29, 1.82) is 0 Å². The molecular weight excluding hydrogens is 428 g/mol. The minimum absolute atomic E-state index is 0.220. The number of amides is 3. The number of para-hydroxylation sites is 2. The van der Waals surface area contributed by atoms with Crippen LogP contribution in [0.25, 0.3) is 16.5 Å². The number of aromatic nitrogens is 1. The number of benzene rings is 2. The Labute approximate surface area is 197 Å². The van der Waals surface area contributed by atoms with Crippen molar-refractivity contribution in [2.24, 2.45) is 11.0 Å². The number of hydrogen-bond acceptors (Lipinski definition) is 4. The maximum Gasteiger partial charge on any atom is 0.263 e. The lowest BCUT2D eigenvalue weighted by Crippen LogP contribution is -2.36. The molecule has 0 spiro atoms. The Hall–Kier alpha value is -4.00. The number of anilines is 1. The quantitative estimate of drug-likeness (QED) is 0.559. The summed E-state index contributed by atoms with van der Waals surface area (Å²) >= 11 is 0. The summed E-state index contributed by atoms with van der Waals surface area (Å²) in [4.78, 5) is 45.6. The Kier molecular flexibility index (Phi) is 5.40. The van der Waals surface area contributed by atoms with Crippen LogP contribution in [-0.4, -0.2) is 39.9 Å². The molecule has 2 aliphatic rings. The summed E-state index contributed by atoms with van der Waals surface area (Å²) in [5.41, 5.74) is 4.06. The van der Waals surface area contributed by atoms with Gasteiger partial charge in [-0.3, -0.25) is 19.3 Å². The fourth-order valence-corrected chi connectivity index (χ4v) is 4.88. The number of nitrogens with one attached hydrogen (secondary N) is 1. The maximum absolute atomic E-state index is 13.7. The van der Waals surface area contributed by atoms with Crippen molar-refractivity contribution < 1.29 is 14.4 Å². The highest BCUT2D eigenvalue weighted by Crippen LogP contribution is 2.40. The molecule has 7 nitrogen and oxygen atoms in total. The Balaban J connectivity index is 1.71. The van der Waals surface area contributed by atoms with Gasteiger partial charge in [0, 0.05) is 17.4 Å². The average molecular weight is 455 g/mol. The van der Waals surface area contributed by atoms with Crippen LogP contribution in [0.5, 0.6) is 0 Å². The molecule has 1 N–H and O–H groups in total. The van der Waals surface area contributed by atoms with E-state index < -0.39 is 11.8 Å². The van der Waals surface area contributed by atoms with Crippen LogP contribution in [0.15, 0.2) is 65.3 Å². The van der Waals surface area contributed by atoms with Gasteiger partial charge in [-0.25, -0.2) is 0 Å². The number of carbonyl (C=O) groups excluding carboxylic acids is 3. The fraction of sp³-hybridized carbons (Fsp3) is 0.259.